The number of halogens is 4. The first-order chi connectivity index (χ1) is 8.39. The number of hydrogen-bond acceptors (Lipinski definition) is 1. The summed E-state index contributed by atoms with van der Waals surface area (Å²) in [5.74, 6) is -0.804. The Morgan fingerprint density at radius 1 is 1.28 bits per heavy atom. The molecule has 1 aliphatic rings. The van der Waals surface area contributed by atoms with E-state index in [0.717, 1.165) is 25.3 Å². The van der Waals surface area contributed by atoms with Crippen LogP contribution >= 0.6 is 0 Å². The summed E-state index contributed by atoms with van der Waals surface area (Å²) in [4.78, 5) is 0. The molecule has 0 aromatic heterocycles. The molecular formula is C13H14F4O. The molecule has 1 aromatic rings. The van der Waals surface area contributed by atoms with Gasteiger partial charge < -0.3 is 5.11 Å². The topological polar surface area (TPSA) is 20.2 Å². The first kappa shape index (κ1) is 13.3. The number of aliphatic hydroxyl groups is 1. The first-order valence-electron chi connectivity index (χ1n) is 5.93. The van der Waals surface area contributed by atoms with Crippen molar-refractivity contribution in [3.8, 4) is 0 Å². The molecule has 1 fully saturated rings. The molecule has 1 N–H and O–H groups in total. The van der Waals surface area contributed by atoms with Crippen molar-refractivity contribution < 1.29 is 22.7 Å². The molecular weight excluding hydrogens is 248 g/mol. The largest absolute Gasteiger partial charge is 0.419 e. The van der Waals surface area contributed by atoms with Gasteiger partial charge >= 0.3 is 6.18 Å². The number of hydrogen-bond donors (Lipinski definition) is 1. The van der Waals surface area contributed by atoms with E-state index in [0.29, 0.717) is 18.4 Å². The van der Waals surface area contributed by atoms with Crippen LogP contribution in [0, 0.1) is 11.7 Å². The van der Waals surface area contributed by atoms with E-state index in [9.17, 15) is 22.7 Å². The highest BCUT2D eigenvalue weighted by Gasteiger charge is 2.35. The van der Waals surface area contributed by atoms with Crippen LogP contribution in [0.5, 0.6) is 0 Å². The minimum absolute atomic E-state index is 0.259. The normalized spacial score (nSPS) is 17.8. The van der Waals surface area contributed by atoms with E-state index in [1.807, 2.05) is 0 Å². The zero-order valence-electron chi connectivity index (χ0n) is 9.67. The molecule has 1 aliphatic carbocycles. The molecule has 1 saturated carbocycles. The van der Waals surface area contributed by atoms with Crippen molar-refractivity contribution in [2.45, 2.75) is 38.0 Å². The van der Waals surface area contributed by atoms with Crippen LogP contribution in [-0.2, 0) is 6.18 Å². The Morgan fingerprint density at radius 2 is 1.94 bits per heavy atom. The molecule has 1 unspecified atom stereocenters. The maximum Gasteiger partial charge on any atom is 0.419 e. The molecule has 100 valence electrons. The molecule has 1 atom stereocenters. The van der Waals surface area contributed by atoms with E-state index >= 15 is 0 Å². The van der Waals surface area contributed by atoms with Crippen molar-refractivity contribution in [3.63, 3.8) is 0 Å². The van der Waals surface area contributed by atoms with E-state index in [2.05, 4.69) is 0 Å². The zero-order valence-corrected chi connectivity index (χ0v) is 9.67. The van der Waals surface area contributed by atoms with Gasteiger partial charge in [0.1, 0.15) is 5.82 Å². The fourth-order valence-electron chi connectivity index (χ4n) is 1.98. The van der Waals surface area contributed by atoms with E-state index in [1.54, 1.807) is 0 Å². The van der Waals surface area contributed by atoms with E-state index < -0.39 is 23.7 Å². The van der Waals surface area contributed by atoms with Crippen molar-refractivity contribution in [1.82, 2.24) is 0 Å². The van der Waals surface area contributed by atoms with Gasteiger partial charge in [0.2, 0.25) is 0 Å². The molecule has 18 heavy (non-hydrogen) atoms. The minimum Gasteiger partial charge on any atom is -0.388 e. The molecule has 2 rings (SSSR count). The molecule has 0 amide bonds. The maximum absolute atomic E-state index is 13.7. The molecule has 0 heterocycles. The fourth-order valence-corrected chi connectivity index (χ4v) is 1.98. The average Bonchev–Trinajstić information content (AvgIpc) is 3.08. The third-order valence-corrected chi connectivity index (χ3v) is 3.24. The van der Waals surface area contributed by atoms with Crippen molar-refractivity contribution in [3.05, 3.63) is 35.1 Å². The van der Waals surface area contributed by atoms with E-state index in [-0.39, 0.29) is 5.56 Å². The SMILES string of the molecule is OC(CCC1CC1)c1cccc(C(F)(F)F)c1F. The number of rotatable bonds is 4. The molecule has 0 aliphatic heterocycles. The van der Waals surface area contributed by atoms with Gasteiger partial charge in [-0.25, -0.2) is 4.39 Å². The summed E-state index contributed by atoms with van der Waals surface area (Å²) in [6.45, 7) is 0. The summed E-state index contributed by atoms with van der Waals surface area (Å²) in [7, 11) is 0. The summed E-state index contributed by atoms with van der Waals surface area (Å²) < 4.78 is 51.2. The third kappa shape index (κ3) is 3.02. The van der Waals surface area contributed by atoms with Gasteiger partial charge in [-0.15, -0.1) is 0 Å². The minimum atomic E-state index is -4.73. The third-order valence-electron chi connectivity index (χ3n) is 3.24. The lowest BCUT2D eigenvalue weighted by Crippen LogP contribution is -2.11. The monoisotopic (exact) mass is 262 g/mol. The van der Waals surface area contributed by atoms with Gasteiger partial charge in [-0.1, -0.05) is 25.0 Å². The Morgan fingerprint density at radius 3 is 2.50 bits per heavy atom. The Balaban J connectivity index is 2.16. The number of aliphatic hydroxyl groups excluding tert-OH is 1. The second-order valence-electron chi connectivity index (χ2n) is 4.74. The quantitative estimate of drug-likeness (QED) is 0.811. The smallest absolute Gasteiger partial charge is 0.388 e. The molecule has 0 spiro atoms. The van der Waals surface area contributed by atoms with Crippen LogP contribution in [0.1, 0.15) is 42.9 Å². The predicted octanol–water partition coefficient (Wildman–Crippen LogP) is 4.07. The summed E-state index contributed by atoms with van der Waals surface area (Å²) >= 11 is 0. The Labute approximate surface area is 102 Å². The Hall–Kier alpha value is -1.10. The van der Waals surface area contributed by atoms with Crippen molar-refractivity contribution in [2.75, 3.05) is 0 Å². The second-order valence-corrected chi connectivity index (χ2v) is 4.74. The van der Waals surface area contributed by atoms with E-state index in [4.69, 9.17) is 0 Å². The molecule has 1 aromatic carbocycles. The van der Waals surface area contributed by atoms with Crippen molar-refractivity contribution in [1.29, 1.82) is 0 Å². The highest BCUT2D eigenvalue weighted by atomic mass is 19.4. The lowest BCUT2D eigenvalue weighted by Gasteiger charge is -2.15. The van der Waals surface area contributed by atoms with Crippen LogP contribution < -0.4 is 0 Å². The summed E-state index contributed by atoms with van der Waals surface area (Å²) in [5, 5.41) is 9.76. The molecule has 0 saturated heterocycles. The highest BCUT2D eigenvalue weighted by molar-refractivity contribution is 5.29. The maximum atomic E-state index is 13.7. The van der Waals surface area contributed by atoms with E-state index in [1.165, 1.54) is 6.07 Å². The van der Waals surface area contributed by atoms with Crippen LogP contribution in [-0.4, -0.2) is 5.11 Å². The number of alkyl halides is 3. The zero-order chi connectivity index (χ0) is 13.3. The lowest BCUT2D eigenvalue weighted by atomic mass is 10.00. The first-order valence-corrected chi connectivity index (χ1v) is 5.93. The van der Waals surface area contributed by atoms with Gasteiger partial charge in [0.15, 0.2) is 0 Å². The number of benzene rings is 1. The van der Waals surface area contributed by atoms with Crippen LogP contribution in [0.2, 0.25) is 0 Å². The predicted molar refractivity (Wildman–Crippen MR) is 58.3 cm³/mol. The second kappa shape index (κ2) is 4.88. The van der Waals surface area contributed by atoms with Gasteiger partial charge in [0, 0.05) is 5.56 Å². The van der Waals surface area contributed by atoms with Gasteiger partial charge in [-0.3, -0.25) is 0 Å². The van der Waals surface area contributed by atoms with Crippen LogP contribution in [0.25, 0.3) is 0 Å². The van der Waals surface area contributed by atoms with Gasteiger partial charge in [-0.05, 0) is 24.8 Å². The van der Waals surface area contributed by atoms with Crippen LogP contribution in [0.4, 0.5) is 17.6 Å². The molecule has 1 nitrogen and oxygen atoms in total. The van der Waals surface area contributed by atoms with Crippen LogP contribution in [0.15, 0.2) is 18.2 Å². The molecule has 0 radical (unpaired) electrons. The summed E-state index contributed by atoms with van der Waals surface area (Å²) in [5.41, 5.74) is -1.57. The summed E-state index contributed by atoms with van der Waals surface area (Å²) in [6.07, 6.45) is -2.65. The highest BCUT2D eigenvalue weighted by Crippen LogP contribution is 2.38. The van der Waals surface area contributed by atoms with Crippen molar-refractivity contribution in [2.24, 2.45) is 5.92 Å². The standard InChI is InChI=1S/C13H14F4O/c14-12-9(11(18)7-6-8-4-5-8)2-1-3-10(12)13(15,16)17/h1-3,8,11,18H,4-7H2. The molecule has 0 bridgehead atoms. The van der Waals surface area contributed by atoms with Crippen LogP contribution in [0.3, 0.4) is 0 Å². The van der Waals surface area contributed by atoms with Gasteiger partial charge in [-0.2, -0.15) is 13.2 Å². The Kier molecular flexibility index (Phi) is 3.61. The molecule has 5 heteroatoms. The van der Waals surface area contributed by atoms with Crippen molar-refractivity contribution >= 4 is 0 Å². The Bertz CT molecular complexity index is 423. The fraction of sp³-hybridized carbons (Fsp3) is 0.538. The summed E-state index contributed by atoms with van der Waals surface area (Å²) in [6, 6.07) is 3.02. The lowest BCUT2D eigenvalue weighted by molar-refractivity contribution is -0.140. The average molecular weight is 262 g/mol. The van der Waals surface area contributed by atoms with Gasteiger partial charge in [0.25, 0.3) is 0 Å². The van der Waals surface area contributed by atoms with Gasteiger partial charge in [0.05, 0.1) is 11.7 Å².